The molecule has 2 saturated heterocycles. The van der Waals surface area contributed by atoms with Gasteiger partial charge in [0.15, 0.2) is 0 Å². The van der Waals surface area contributed by atoms with Crippen LogP contribution in [0.5, 0.6) is 5.75 Å². The zero-order valence-electron chi connectivity index (χ0n) is 16.6. The lowest BCUT2D eigenvalue weighted by molar-refractivity contribution is 0.0202. The van der Waals surface area contributed by atoms with Gasteiger partial charge in [-0.25, -0.2) is 8.42 Å². The van der Waals surface area contributed by atoms with Crippen LogP contribution in [0.25, 0.3) is 0 Å². The maximum absolute atomic E-state index is 13.0. The van der Waals surface area contributed by atoms with Gasteiger partial charge < -0.3 is 4.74 Å². The zero-order valence-corrected chi connectivity index (χ0v) is 17.4. The first-order valence-electron chi connectivity index (χ1n) is 10.9. The van der Waals surface area contributed by atoms with E-state index >= 15 is 0 Å². The van der Waals surface area contributed by atoms with Crippen molar-refractivity contribution in [2.45, 2.75) is 55.5 Å². The van der Waals surface area contributed by atoms with Crippen LogP contribution < -0.4 is 4.74 Å². The quantitative estimate of drug-likeness (QED) is 0.766. The Balaban J connectivity index is 1.15. The molecule has 4 aliphatic rings. The van der Waals surface area contributed by atoms with Crippen LogP contribution >= 0.6 is 0 Å². The van der Waals surface area contributed by atoms with Crippen molar-refractivity contribution >= 4 is 10.0 Å². The van der Waals surface area contributed by atoms with Gasteiger partial charge in [0.25, 0.3) is 0 Å². The highest BCUT2D eigenvalue weighted by atomic mass is 32.2. The fourth-order valence-corrected chi connectivity index (χ4v) is 6.80. The lowest BCUT2D eigenvalue weighted by atomic mass is 9.93. The number of fused-ring (bicyclic) bond motifs is 1. The third-order valence-electron chi connectivity index (χ3n) is 7.08. The van der Waals surface area contributed by atoms with Crippen molar-refractivity contribution in [3.05, 3.63) is 23.8 Å². The van der Waals surface area contributed by atoms with E-state index in [0.29, 0.717) is 30.6 Å². The van der Waals surface area contributed by atoms with Gasteiger partial charge in [-0.3, -0.25) is 9.80 Å². The molecule has 154 valence electrons. The van der Waals surface area contributed by atoms with Crippen molar-refractivity contribution in [3.63, 3.8) is 0 Å². The summed E-state index contributed by atoms with van der Waals surface area (Å²) < 4.78 is 33.1. The number of piperazine rings is 1. The smallest absolute Gasteiger partial charge is 0.243 e. The van der Waals surface area contributed by atoms with Gasteiger partial charge in [0.1, 0.15) is 5.75 Å². The average Bonchev–Trinajstić information content (AvgIpc) is 3.16. The molecule has 0 N–H and O–H groups in total. The fourth-order valence-electron chi connectivity index (χ4n) is 5.23. The first-order chi connectivity index (χ1) is 13.6. The van der Waals surface area contributed by atoms with Crippen molar-refractivity contribution in [3.8, 4) is 5.75 Å². The van der Waals surface area contributed by atoms with E-state index < -0.39 is 10.0 Å². The summed E-state index contributed by atoms with van der Waals surface area (Å²) >= 11 is 0. The average molecular weight is 406 g/mol. The molecule has 0 radical (unpaired) electrons. The molecule has 3 heterocycles. The minimum Gasteiger partial charge on any atom is -0.493 e. The lowest BCUT2D eigenvalue weighted by Crippen LogP contribution is -2.64. The monoisotopic (exact) mass is 405 g/mol. The first-order valence-corrected chi connectivity index (χ1v) is 12.3. The normalized spacial score (nSPS) is 26.0. The van der Waals surface area contributed by atoms with E-state index in [0.717, 1.165) is 50.0 Å². The van der Waals surface area contributed by atoms with Gasteiger partial charge in [0, 0.05) is 57.8 Å². The van der Waals surface area contributed by atoms with E-state index in [4.69, 9.17) is 4.74 Å². The van der Waals surface area contributed by atoms with Crippen molar-refractivity contribution in [2.24, 2.45) is 0 Å². The summed E-state index contributed by atoms with van der Waals surface area (Å²) in [5, 5.41) is 0. The van der Waals surface area contributed by atoms with Crippen molar-refractivity contribution in [1.82, 2.24) is 14.1 Å². The molecule has 0 aromatic heterocycles. The molecule has 3 aliphatic heterocycles. The maximum atomic E-state index is 13.0. The van der Waals surface area contributed by atoms with Crippen LogP contribution in [0.3, 0.4) is 0 Å². The SMILES string of the molecule is O=S(=O)(c1ccc2c(c1)CCO2)N1CC(N2CCN(C3CCCCC3)CC2)C1. The van der Waals surface area contributed by atoms with Gasteiger partial charge >= 0.3 is 0 Å². The predicted molar refractivity (Wildman–Crippen MR) is 108 cm³/mol. The number of sulfonamides is 1. The van der Waals surface area contributed by atoms with Crippen molar-refractivity contribution < 1.29 is 13.2 Å². The zero-order chi connectivity index (χ0) is 19.1. The number of benzene rings is 1. The Morgan fingerprint density at radius 3 is 2.29 bits per heavy atom. The Kier molecular flexibility index (Phi) is 5.11. The Bertz CT molecular complexity index is 808. The Morgan fingerprint density at radius 1 is 0.893 bits per heavy atom. The number of nitrogens with zero attached hydrogens (tertiary/aromatic N) is 3. The molecule has 1 aromatic rings. The van der Waals surface area contributed by atoms with E-state index in [2.05, 4.69) is 9.80 Å². The van der Waals surface area contributed by atoms with Gasteiger partial charge in [-0.05, 0) is 36.6 Å². The topological polar surface area (TPSA) is 53.1 Å². The number of hydrogen-bond acceptors (Lipinski definition) is 5. The van der Waals surface area contributed by atoms with E-state index in [-0.39, 0.29) is 0 Å². The molecule has 1 aromatic carbocycles. The third-order valence-corrected chi connectivity index (χ3v) is 8.91. The second-order valence-corrected chi connectivity index (χ2v) is 10.6. The molecule has 5 rings (SSSR count). The summed E-state index contributed by atoms with van der Waals surface area (Å²) in [7, 11) is -3.38. The second kappa shape index (κ2) is 7.59. The number of ether oxygens (including phenoxy) is 1. The van der Waals surface area contributed by atoms with Crippen LogP contribution in [0.15, 0.2) is 23.1 Å². The molecule has 0 atom stereocenters. The molecule has 3 fully saturated rings. The molecule has 28 heavy (non-hydrogen) atoms. The Hall–Kier alpha value is -1.15. The van der Waals surface area contributed by atoms with Crippen LogP contribution in [0.2, 0.25) is 0 Å². The van der Waals surface area contributed by atoms with E-state index in [9.17, 15) is 8.42 Å². The molecule has 7 heteroatoms. The number of hydrogen-bond donors (Lipinski definition) is 0. The molecule has 0 unspecified atom stereocenters. The van der Waals surface area contributed by atoms with Gasteiger partial charge in [-0.15, -0.1) is 0 Å². The lowest BCUT2D eigenvalue weighted by Gasteiger charge is -2.48. The van der Waals surface area contributed by atoms with Crippen molar-refractivity contribution in [1.29, 1.82) is 0 Å². The molecule has 0 spiro atoms. The summed E-state index contributed by atoms with van der Waals surface area (Å²) in [5.41, 5.74) is 1.01. The molecule has 6 nitrogen and oxygen atoms in total. The van der Waals surface area contributed by atoms with Gasteiger partial charge in [-0.1, -0.05) is 19.3 Å². The van der Waals surface area contributed by atoms with E-state index in [1.807, 2.05) is 0 Å². The highest BCUT2D eigenvalue weighted by Gasteiger charge is 2.41. The first kappa shape index (κ1) is 18.9. The summed E-state index contributed by atoms with van der Waals surface area (Å²) in [6, 6.07) is 6.46. The summed E-state index contributed by atoms with van der Waals surface area (Å²) in [6.07, 6.45) is 7.69. The van der Waals surface area contributed by atoms with Crippen LogP contribution in [0, 0.1) is 0 Å². The van der Waals surface area contributed by atoms with Gasteiger partial charge in [0.05, 0.1) is 11.5 Å². The van der Waals surface area contributed by atoms with Crippen LogP contribution in [0.4, 0.5) is 0 Å². The van der Waals surface area contributed by atoms with Crippen LogP contribution in [0.1, 0.15) is 37.7 Å². The third kappa shape index (κ3) is 3.47. The molecular formula is C21H31N3O3S. The minimum atomic E-state index is -3.38. The molecular weight excluding hydrogens is 374 g/mol. The Morgan fingerprint density at radius 2 is 1.57 bits per heavy atom. The van der Waals surface area contributed by atoms with Crippen LogP contribution in [-0.4, -0.2) is 80.5 Å². The van der Waals surface area contributed by atoms with E-state index in [1.54, 1.807) is 22.5 Å². The van der Waals surface area contributed by atoms with Crippen molar-refractivity contribution in [2.75, 3.05) is 45.9 Å². The summed E-state index contributed by atoms with van der Waals surface area (Å²) in [4.78, 5) is 5.59. The minimum absolute atomic E-state index is 0.376. The molecule has 0 bridgehead atoms. The molecule has 1 aliphatic carbocycles. The largest absolute Gasteiger partial charge is 0.493 e. The standard InChI is InChI=1S/C21H31N3O3S/c25-28(26,20-6-7-21-17(14-20)8-13-27-21)24-15-19(16-24)23-11-9-22(10-12-23)18-4-2-1-3-5-18/h6-7,14,18-19H,1-5,8-13,15-16H2. The molecule has 0 amide bonds. The van der Waals surface area contributed by atoms with Gasteiger partial charge in [-0.2, -0.15) is 4.31 Å². The second-order valence-electron chi connectivity index (χ2n) is 8.71. The highest BCUT2D eigenvalue weighted by Crippen LogP contribution is 2.31. The summed E-state index contributed by atoms with van der Waals surface area (Å²) in [5.74, 6) is 0.830. The van der Waals surface area contributed by atoms with Gasteiger partial charge in [0.2, 0.25) is 10.0 Å². The number of rotatable bonds is 4. The highest BCUT2D eigenvalue weighted by molar-refractivity contribution is 7.89. The predicted octanol–water partition coefficient (Wildman–Crippen LogP) is 1.94. The van der Waals surface area contributed by atoms with Crippen LogP contribution in [-0.2, 0) is 16.4 Å². The summed E-state index contributed by atoms with van der Waals surface area (Å²) in [6.45, 7) is 6.32. The Labute approximate surface area is 168 Å². The van der Waals surface area contributed by atoms with E-state index in [1.165, 1.54) is 32.1 Å². The fraction of sp³-hybridized carbons (Fsp3) is 0.714. The maximum Gasteiger partial charge on any atom is 0.243 e. The molecule has 1 saturated carbocycles.